The van der Waals surface area contributed by atoms with E-state index in [1.807, 2.05) is 0 Å². The molecule has 0 fully saturated rings. The molecule has 18 heavy (non-hydrogen) atoms. The fraction of sp³-hybridized carbons (Fsp3) is 0.538. The van der Waals surface area contributed by atoms with Crippen molar-refractivity contribution < 1.29 is 4.92 Å². The Morgan fingerprint density at radius 1 is 1.44 bits per heavy atom. The van der Waals surface area contributed by atoms with Crippen LogP contribution in [0.3, 0.4) is 0 Å². The molecule has 5 heteroatoms. The van der Waals surface area contributed by atoms with E-state index in [0.717, 1.165) is 0 Å². The molecule has 1 rings (SSSR count). The molecule has 0 saturated carbocycles. The van der Waals surface area contributed by atoms with E-state index < -0.39 is 0 Å². The van der Waals surface area contributed by atoms with Gasteiger partial charge in [-0.15, -0.1) is 0 Å². The molecule has 4 nitrogen and oxygen atoms in total. The third-order valence-corrected chi connectivity index (χ3v) is 3.37. The fourth-order valence-electron chi connectivity index (χ4n) is 1.44. The van der Waals surface area contributed by atoms with Crippen LogP contribution in [0.1, 0.15) is 33.3 Å². The molecule has 1 aromatic rings. The third kappa shape index (κ3) is 3.96. The molecular formula is C13H19ClN2O2. The first-order valence-corrected chi connectivity index (χ1v) is 6.26. The van der Waals surface area contributed by atoms with E-state index in [4.69, 9.17) is 11.6 Å². The maximum absolute atomic E-state index is 10.9. The van der Waals surface area contributed by atoms with Gasteiger partial charge in [-0.1, -0.05) is 32.4 Å². The second-order valence-corrected chi connectivity index (χ2v) is 5.94. The van der Waals surface area contributed by atoms with Gasteiger partial charge in [0.25, 0.3) is 5.69 Å². The lowest BCUT2D eigenvalue weighted by Gasteiger charge is -2.28. The summed E-state index contributed by atoms with van der Waals surface area (Å²) in [6.07, 6.45) is 0. The number of benzene rings is 1. The number of nitro groups is 1. The predicted molar refractivity (Wildman–Crippen MR) is 73.9 cm³/mol. The van der Waals surface area contributed by atoms with Crippen LogP contribution in [0.5, 0.6) is 0 Å². The van der Waals surface area contributed by atoms with E-state index in [0.29, 0.717) is 17.1 Å². The van der Waals surface area contributed by atoms with Crippen LogP contribution in [-0.4, -0.2) is 11.0 Å². The van der Waals surface area contributed by atoms with Gasteiger partial charge >= 0.3 is 0 Å². The molecule has 1 N–H and O–H groups in total. The van der Waals surface area contributed by atoms with Gasteiger partial charge in [0.05, 0.1) is 4.92 Å². The highest BCUT2D eigenvalue weighted by atomic mass is 35.5. The molecular weight excluding hydrogens is 252 g/mol. The lowest BCUT2D eigenvalue weighted by molar-refractivity contribution is -0.385. The molecule has 0 spiro atoms. The summed E-state index contributed by atoms with van der Waals surface area (Å²) < 4.78 is 0. The van der Waals surface area contributed by atoms with Gasteiger partial charge in [0.1, 0.15) is 0 Å². The maximum atomic E-state index is 10.9. The molecule has 1 unspecified atom stereocenters. The molecule has 0 saturated heterocycles. The first kappa shape index (κ1) is 14.9. The minimum Gasteiger partial charge on any atom is -0.309 e. The molecule has 0 amide bonds. The average Bonchev–Trinajstić information content (AvgIpc) is 2.24. The quantitative estimate of drug-likeness (QED) is 0.669. The molecule has 1 aromatic carbocycles. The summed E-state index contributed by atoms with van der Waals surface area (Å²) in [7, 11) is 0. The highest BCUT2D eigenvalue weighted by molar-refractivity contribution is 6.30. The number of hydrogen-bond donors (Lipinski definition) is 1. The van der Waals surface area contributed by atoms with Gasteiger partial charge in [0, 0.05) is 29.2 Å². The first-order chi connectivity index (χ1) is 8.21. The lowest BCUT2D eigenvalue weighted by Crippen LogP contribution is -2.37. The zero-order valence-corrected chi connectivity index (χ0v) is 11.9. The molecule has 0 heterocycles. The van der Waals surface area contributed by atoms with Gasteiger partial charge in [0.15, 0.2) is 0 Å². The molecule has 0 aromatic heterocycles. The lowest BCUT2D eigenvalue weighted by atomic mass is 9.88. The Balaban J connectivity index is 2.84. The highest BCUT2D eigenvalue weighted by Crippen LogP contribution is 2.24. The molecule has 0 aliphatic rings. The Morgan fingerprint density at radius 3 is 2.56 bits per heavy atom. The summed E-state index contributed by atoms with van der Waals surface area (Å²) in [5, 5.41) is 14.7. The van der Waals surface area contributed by atoms with Crippen LogP contribution in [0.15, 0.2) is 18.2 Å². The zero-order valence-electron chi connectivity index (χ0n) is 11.2. The standard InChI is InChI=1S/C13H19ClN2O2/c1-9(13(2,3)4)15-8-10-7-11(14)5-6-12(10)16(17)18/h5-7,9,15H,8H2,1-4H3. The van der Waals surface area contributed by atoms with Gasteiger partial charge in [-0.3, -0.25) is 10.1 Å². The number of nitro benzene ring substituents is 1. The second kappa shape index (κ2) is 5.67. The first-order valence-electron chi connectivity index (χ1n) is 5.88. The predicted octanol–water partition coefficient (Wildman–Crippen LogP) is 3.77. The van der Waals surface area contributed by atoms with Crippen LogP contribution < -0.4 is 5.32 Å². The Hall–Kier alpha value is -1.13. The van der Waals surface area contributed by atoms with E-state index in [1.54, 1.807) is 6.07 Å². The van der Waals surface area contributed by atoms with Crippen LogP contribution in [0, 0.1) is 15.5 Å². The minimum atomic E-state index is -0.380. The molecule has 0 aliphatic heterocycles. The van der Waals surface area contributed by atoms with Crippen LogP contribution in [0.2, 0.25) is 5.02 Å². The Kier molecular flexibility index (Phi) is 4.71. The molecule has 0 radical (unpaired) electrons. The minimum absolute atomic E-state index is 0.105. The van der Waals surface area contributed by atoms with Crippen molar-refractivity contribution in [3.05, 3.63) is 38.9 Å². The molecule has 0 bridgehead atoms. The van der Waals surface area contributed by atoms with E-state index in [9.17, 15) is 10.1 Å². The molecule has 0 aliphatic carbocycles. The van der Waals surface area contributed by atoms with Gasteiger partial charge in [-0.25, -0.2) is 0 Å². The van der Waals surface area contributed by atoms with Crippen molar-refractivity contribution >= 4 is 17.3 Å². The number of rotatable bonds is 4. The van der Waals surface area contributed by atoms with Gasteiger partial charge in [0.2, 0.25) is 0 Å². The van der Waals surface area contributed by atoms with Crippen molar-refractivity contribution in [2.24, 2.45) is 5.41 Å². The van der Waals surface area contributed by atoms with E-state index in [1.165, 1.54) is 12.1 Å². The zero-order chi connectivity index (χ0) is 13.9. The van der Waals surface area contributed by atoms with E-state index >= 15 is 0 Å². The normalized spacial score (nSPS) is 13.4. The van der Waals surface area contributed by atoms with Crippen molar-refractivity contribution in [3.8, 4) is 0 Å². The summed E-state index contributed by atoms with van der Waals surface area (Å²) in [5.74, 6) is 0. The monoisotopic (exact) mass is 270 g/mol. The van der Waals surface area contributed by atoms with Crippen LogP contribution in [0.4, 0.5) is 5.69 Å². The van der Waals surface area contributed by atoms with Gasteiger partial charge in [-0.2, -0.15) is 0 Å². The fourth-order valence-corrected chi connectivity index (χ4v) is 1.64. The molecule has 1 atom stereocenters. The van der Waals surface area contributed by atoms with Gasteiger partial charge < -0.3 is 5.32 Å². The van der Waals surface area contributed by atoms with Crippen LogP contribution >= 0.6 is 11.6 Å². The number of nitrogens with one attached hydrogen (secondary N) is 1. The van der Waals surface area contributed by atoms with Crippen molar-refractivity contribution in [2.45, 2.75) is 40.3 Å². The topological polar surface area (TPSA) is 55.2 Å². The third-order valence-electron chi connectivity index (χ3n) is 3.14. The second-order valence-electron chi connectivity index (χ2n) is 5.50. The smallest absolute Gasteiger partial charge is 0.273 e. The molecule has 100 valence electrons. The Morgan fingerprint density at radius 2 is 2.06 bits per heavy atom. The van der Waals surface area contributed by atoms with Gasteiger partial charge in [-0.05, 0) is 24.5 Å². The largest absolute Gasteiger partial charge is 0.309 e. The van der Waals surface area contributed by atoms with Crippen LogP contribution in [-0.2, 0) is 6.54 Å². The van der Waals surface area contributed by atoms with E-state index in [-0.39, 0.29) is 22.1 Å². The summed E-state index contributed by atoms with van der Waals surface area (Å²) >= 11 is 5.88. The summed E-state index contributed by atoms with van der Waals surface area (Å²) in [5.41, 5.74) is 0.824. The van der Waals surface area contributed by atoms with E-state index in [2.05, 4.69) is 33.0 Å². The van der Waals surface area contributed by atoms with Crippen LogP contribution in [0.25, 0.3) is 0 Å². The number of nitrogens with zero attached hydrogens (tertiary/aromatic N) is 1. The summed E-state index contributed by atoms with van der Waals surface area (Å²) in [6, 6.07) is 4.87. The number of hydrogen-bond acceptors (Lipinski definition) is 3. The van der Waals surface area contributed by atoms with Crippen molar-refractivity contribution in [1.82, 2.24) is 5.32 Å². The highest BCUT2D eigenvalue weighted by Gasteiger charge is 2.21. The Labute approximate surface area is 112 Å². The summed E-state index contributed by atoms with van der Waals surface area (Å²) in [6.45, 7) is 8.87. The Bertz CT molecular complexity index is 441. The average molecular weight is 271 g/mol. The van der Waals surface area contributed by atoms with Crippen molar-refractivity contribution in [3.63, 3.8) is 0 Å². The summed E-state index contributed by atoms with van der Waals surface area (Å²) in [4.78, 5) is 10.5. The maximum Gasteiger partial charge on any atom is 0.273 e. The van der Waals surface area contributed by atoms with Crippen molar-refractivity contribution in [2.75, 3.05) is 0 Å². The number of halogens is 1. The van der Waals surface area contributed by atoms with Crippen molar-refractivity contribution in [1.29, 1.82) is 0 Å². The SMILES string of the molecule is CC(NCc1cc(Cl)ccc1[N+](=O)[O-])C(C)(C)C.